The van der Waals surface area contributed by atoms with E-state index in [1.807, 2.05) is 6.08 Å². The number of benzene rings is 2. The van der Waals surface area contributed by atoms with Gasteiger partial charge in [-0.05, 0) is 31.1 Å². The molecule has 0 aliphatic heterocycles. The van der Waals surface area contributed by atoms with E-state index >= 15 is 0 Å². The second kappa shape index (κ2) is 5.74. The Morgan fingerprint density at radius 1 is 0.944 bits per heavy atom. The molecule has 0 amide bonds. The lowest BCUT2D eigenvalue weighted by Crippen LogP contribution is -1.91. The van der Waals surface area contributed by atoms with Gasteiger partial charge in [-0.25, -0.2) is 0 Å². The molecule has 0 aliphatic rings. The van der Waals surface area contributed by atoms with Crippen molar-refractivity contribution in [1.82, 2.24) is 0 Å². The quantitative estimate of drug-likeness (QED) is 0.432. The second-order valence-electron chi connectivity index (χ2n) is 4.48. The molecule has 90 valence electrons. The number of aryl methyl sites for hydroxylation is 2. The zero-order chi connectivity index (χ0) is 13.0. The molecule has 0 aromatic heterocycles. The zero-order valence-electron chi connectivity index (χ0n) is 10.7. The molecular formula is C17H16S. The van der Waals surface area contributed by atoms with Crippen molar-refractivity contribution in [2.75, 3.05) is 0 Å². The molecule has 0 radical (unpaired) electrons. The summed E-state index contributed by atoms with van der Waals surface area (Å²) in [5.41, 5.74) is 4.80. The summed E-state index contributed by atoms with van der Waals surface area (Å²) in [6.45, 7) is 4.17. The van der Waals surface area contributed by atoms with Gasteiger partial charge in [0, 0.05) is 4.86 Å². The third-order valence-electron chi connectivity index (χ3n) is 2.81. The van der Waals surface area contributed by atoms with E-state index in [0.29, 0.717) is 0 Å². The Labute approximate surface area is 114 Å². The van der Waals surface area contributed by atoms with Gasteiger partial charge in [-0.2, -0.15) is 0 Å². The summed E-state index contributed by atoms with van der Waals surface area (Å²) in [5.74, 6) is 0. The third-order valence-corrected chi connectivity index (χ3v) is 3.18. The van der Waals surface area contributed by atoms with Crippen LogP contribution in [0.4, 0.5) is 0 Å². The van der Waals surface area contributed by atoms with E-state index in [-0.39, 0.29) is 0 Å². The van der Waals surface area contributed by atoms with Crippen LogP contribution in [0.2, 0.25) is 0 Å². The van der Waals surface area contributed by atoms with Gasteiger partial charge >= 0.3 is 0 Å². The molecule has 0 aliphatic carbocycles. The van der Waals surface area contributed by atoms with Crippen molar-refractivity contribution in [3.05, 3.63) is 76.9 Å². The van der Waals surface area contributed by atoms with Crippen LogP contribution in [0.1, 0.15) is 22.3 Å². The molecule has 0 unspecified atom stereocenters. The number of rotatable bonds is 3. The number of hydrogen-bond acceptors (Lipinski definition) is 1. The van der Waals surface area contributed by atoms with Gasteiger partial charge in [-0.15, -0.1) is 0 Å². The molecule has 2 aromatic rings. The standard InChI is InChI=1S/C17H16S/c1-13-6-9-16(10-7-13)17(18)11-8-15-5-3-4-14(2)12-15/h3-12H,1-2H3. The summed E-state index contributed by atoms with van der Waals surface area (Å²) in [6.07, 6.45) is 4.06. The van der Waals surface area contributed by atoms with Crippen LogP contribution < -0.4 is 0 Å². The van der Waals surface area contributed by atoms with Crippen molar-refractivity contribution < 1.29 is 0 Å². The summed E-state index contributed by atoms with van der Waals surface area (Å²) in [4.78, 5) is 0.872. The SMILES string of the molecule is Cc1ccc(C(=S)C=Cc2cccc(C)c2)cc1. The van der Waals surface area contributed by atoms with E-state index < -0.39 is 0 Å². The van der Waals surface area contributed by atoms with Gasteiger partial charge < -0.3 is 0 Å². The van der Waals surface area contributed by atoms with Gasteiger partial charge in [0.1, 0.15) is 0 Å². The maximum Gasteiger partial charge on any atom is 0.0449 e. The molecule has 0 fully saturated rings. The maximum atomic E-state index is 5.41. The average molecular weight is 252 g/mol. The predicted molar refractivity (Wildman–Crippen MR) is 83.1 cm³/mol. The molecule has 0 bridgehead atoms. The van der Waals surface area contributed by atoms with Crippen LogP contribution in [0.25, 0.3) is 6.08 Å². The van der Waals surface area contributed by atoms with Gasteiger partial charge in [-0.3, -0.25) is 0 Å². The van der Waals surface area contributed by atoms with E-state index in [9.17, 15) is 0 Å². The molecule has 0 saturated heterocycles. The van der Waals surface area contributed by atoms with Crippen LogP contribution in [0.3, 0.4) is 0 Å². The Bertz CT molecular complexity index is 577. The summed E-state index contributed by atoms with van der Waals surface area (Å²) in [6, 6.07) is 16.7. The lowest BCUT2D eigenvalue weighted by Gasteiger charge is -2.00. The topological polar surface area (TPSA) is 0 Å². The predicted octanol–water partition coefficient (Wildman–Crippen LogP) is 4.73. The fraction of sp³-hybridized carbons (Fsp3) is 0.118. The molecule has 0 atom stereocenters. The van der Waals surface area contributed by atoms with Gasteiger partial charge in [0.2, 0.25) is 0 Å². The first-order valence-electron chi connectivity index (χ1n) is 6.01. The minimum atomic E-state index is 0.872. The third kappa shape index (κ3) is 3.38. The van der Waals surface area contributed by atoms with Crippen molar-refractivity contribution in [2.24, 2.45) is 0 Å². The van der Waals surface area contributed by atoms with E-state index in [4.69, 9.17) is 12.2 Å². The molecule has 2 aromatic carbocycles. The highest BCUT2D eigenvalue weighted by atomic mass is 32.1. The molecular weight excluding hydrogens is 236 g/mol. The van der Waals surface area contributed by atoms with Gasteiger partial charge in [0.15, 0.2) is 0 Å². The Morgan fingerprint density at radius 3 is 2.33 bits per heavy atom. The lowest BCUT2D eigenvalue weighted by molar-refractivity contribution is 1.46. The smallest absolute Gasteiger partial charge is 0.0449 e. The fourth-order valence-corrected chi connectivity index (χ4v) is 1.96. The molecule has 0 nitrogen and oxygen atoms in total. The molecule has 0 heterocycles. The number of allylic oxidation sites excluding steroid dienone is 1. The van der Waals surface area contributed by atoms with E-state index in [0.717, 1.165) is 10.4 Å². The van der Waals surface area contributed by atoms with Crippen molar-refractivity contribution in [3.8, 4) is 0 Å². The van der Waals surface area contributed by atoms with Gasteiger partial charge in [0.25, 0.3) is 0 Å². The highest BCUT2D eigenvalue weighted by Crippen LogP contribution is 2.09. The Balaban J connectivity index is 2.14. The summed E-state index contributed by atoms with van der Waals surface area (Å²) in [7, 11) is 0. The average Bonchev–Trinajstić information content (AvgIpc) is 2.37. The fourth-order valence-electron chi connectivity index (χ4n) is 1.76. The van der Waals surface area contributed by atoms with Crippen LogP contribution in [-0.4, -0.2) is 4.86 Å². The maximum absolute atomic E-state index is 5.41. The Kier molecular flexibility index (Phi) is 4.06. The van der Waals surface area contributed by atoms with Crippen LogP contribution >= 0.6 is 12.2 Å². The first-order valence-corrected chi connectivity index (χ1v) is 6.42. The molecule has 0 N–H and O–H groups in total. The summed E-state index contributed by atoms with van der Waals surface area (Å²) < 4.78 is 0. The molecule has 18 heavy (non-hydrogen) atoms. The lowest BCUT2D eigenvalue weighted by atomic mass is 10.1. The number of hydrogen-bond donors (Lipinski definition) is 0. The molecule has 1 heteroatoms. The summed E-state index contributed by atoms with van der Waals surface area (Å²) in [5, 5.41) is 0. The minimum Gasteiger partial charge on any atom is -0.0795 e. The molecule has 0 spiro atoms. The highest BCUT2D eigenvalue weighted by Gasteiger charge is 1.96. The first kappa shape index (κ1) is 12.7. The zero-order valence-corrected chi connectivity index (χ0v) is 11.5. The first-order chi connectivity index (χ1) is 8.65. The van der Waals surface area contributed by atoms with Crippen LogP contribution in [-0.2, 0) is 0 Å². The number of thiocarbonyl (C=S) groups is 1. The van der Waals surface area contributed by atoms with Gasteiger partial charge in [-0.1, -0.05) is 78.0 Å². The van der Waals surface area contributed by atoms with E-state index in [1.165, 1.54) is 16.7 Å². The second-order valence-corrected chi connectivity index (χ2v) is 4.92. The van der Waals surface area contributed by atoms with Crippen molar-refractivity contribution in [2.45, 2.75) is 13.8 Å². The normalized spacial score (nSPS) is 10.8. The van der Waals surface area contributed by atoms with Gasteiger partial charge in [0.05, 0.1) is 0 Å². The van der Waals surface area contributed by atoms with Crippen molar-refractivity contribution >= 4 is 23.2 Å². The van der Waals surface area contributed by atoms with Crippen molar-refractivity contribution in [3.63, 3.8) is 0 Å². The Morgan fingerprint density at radius 2 is 1.67 bits per heavy atom. The minimum absolute atomic E-state index is 0.872. The van der Waals surface area contributed by atoms with Crippen LogP contribution in [0, 0.1) is 13.8 Å². The summed E-state index contributed by atoms with van der Waals surface area (Å²) >= 11 is 5.41. The Hall–Kier alpha value is -1.73. The molecule has 0 saturated carbocycles. The monoisotopic (exact) mass is 252 g/mol. The highest BCUT2D eigenvalue weighted by molar-refractivity contribution is 7.81. The molecule has 2 rings (SSSR count). The van der Waals surface area contributed by atoms with E-state index in [1.54, 1.807) is 0 Å². The van der Waals surface area contributed by atoms with Crippen molar-refractivity contribution in [1.29, 1.82) is 0 Å². The van der Waals surface area contributed by atoms with Crippen LogP contribution in [0.5, 0.6) is 0 Å². The van der Waals surface area contributed by atoms with Crippen LogP contribution in [0.15, 0.2) is 54.6 Å². The van der Waals surface area contributed by atoms with E-state index in [2.05, 4.69) is 68.5 Å². The largest absolute Gasteiger partial charge is 0.0795 e.